The van der Waals surface area contributed by atoms with Gasteiger partial charge in [0.1, 0.15) is 0 Å². The van der Waals surface area contributed by atoms with Gasteiger partial charge in [0.25, 0.3) is 0 Å². The van der Waals surface area contributed by atoms with Gasteiger partial charge in [-0.25, -0.2) is 4.79 Å². The SMILES string of the molecule is CC(C)=C[C@H]1OC(=O)[C@@H](c2ccccc2)O1. The second-order valence-corrected chi connectivity index (χ2v) is 3.98. The Morgan fingerprint density at radius 2 is 1.94 bits per heavy atom. The van der Waals surface area contributed by atoms with Crippen molar-refractivity contribution >= 4 is 5.97 Å². The highest BCUT2D eigenvalue weighted by molar-refractivity contribution is 5.78. The van der Waals surface area contributed by atoms with Gasteiger partial charge in [-0.15, -0.1) is 0 Å². The minimum atomic E-state index is -0.596. The van der Waals surface area contributed by atoms with Gasteiger partial charge < -0.3 is 9.47 Å². The van der Waals surface area contributed by atoms with Gasteiger partial charge in [0.05, 0.1) is 0 Å². The number of carbonyl (C=O) groups excluding carboxylic acids is 1. The van der Waals surface area contributed by atoms with E-state index >= 15 is 0 Å². The monoisotopic (exact) mass is 218 g/mol. The molecule has 0 aromatic heterocycles. The van der Waals surface area contributed by atoms with E-state index in [-0.39, 0.29) is 5.97 Å². The molecule has 0 unspecified atom stereocenters. The first-order chi connectivity index (χ1) is 7.66. The quantitative estimate of drug-likeness (QED) is 0.565. The predicted molar refractivity (Wildman–Crippen MR) is 59.6 cm³/mol. The average molecular weight is 218 g/mol. The molecule has 1 aromatic rings. The Kier molecular flexibility index (Phi) is 3.06. The highest BCUT2D eigenvalue weighted by Crippen LogP contribution is 2.28. The highest BCUT2D eigenvalue weighted by atomic mass is 16.7. The Morgan fingerprint density at radius 3 is 2.56 bits per heavy atom. The van der Waals surface area contributed by atoms with Gasteiger partial charge in [0.15, 0.2) is 6.10 Å². The van der Waals surface area contributed by atoms with Gasteiger partial charge in [-0.2, -0.15) is 0 Å². The summed E-state index contributed by atoms with van der Waals surface area (Å²) in [6, 6.07) is 9.37. The van der Waals surface area contributed by atoms with Crippen LogP contribution in [0, 0.1) is 0 Å². The van der Waals surface area contributed by atoms with Crippen molar-refractivity contribution in [2.45, 2.75) is 26.2 Å². The van der Waals surface area contributed by atoms with E-state index < -0.39 is 12.4 Å². The highest BCUT2D eigenvalue weighted by Gasteiger charge is 2.35. The summed E-state index contributed by atoms with van der Waals surface area (Å²) < 4.78 is 10.6. The number of ether oxygens (including phenoxy) is 2. The van der Waals surface area contributed by atoms with Crippen LogP contribution >= 0.6 is 0 Å². The zero-order chi connectivity index (χ0) is 11.5. The summed E-state index contributed by atoms with van der Waals surface area (Å²) in [5.74, 6) is -0.325. The van der Waals surface area contributed by atoms with Crippen molar-refractivity contribution in [2.75, 3.05) is 0 Å². The van der Waals surface area contributed by atoms with Crippen LogP contribution in [0.5, 0.6) is 0 Å². The number of hydrogen-bond donors (Lipinski definition) is 0. The van der Waals surface area contributed by atoms with Crippen LogP contribution in [-0.2, 0) is 14.3 Å². The lowest BCUT2D eigenvalue weighted by Crippen LogP contribution is -2.06. The van der Waals surface area contributed by atoms with Crippen LogP contribution in [0.2, 0.25) is 0 Å². The number of esters is 1. The van der Waals surface area contributed by atoms with E-state index in [0.29, 0.717) is 0 Å². The van der Waals surface area contributed by atoms with Crippen LogP contribution in [-0.4, -0.2) is 12.3 Å². The summed E-state index contributed by atoms with van der Waals surface area (Å²) in [5, 5.41) is 0. The first-order valence-electron chi connectivity index (χ1n) is 5.23. The van der Waals surface area contributed by atoms with Crippen molar-refractivity contribution in [1.82, 2.24) is 0 Å². The minimum absolute atomic E-state index is 0.325. The largest absolute Gasteiger partial charge is 0.430 e. The van der Waals surface area contributed by atoms with Gasteiger partial charge in [-0.05, 0) is 25.5 Å². The molecular formula is C13H14O3. The van der Waals surface area contributed by atoms with E-state index in [1.165, 1.54) is 0 Å². The molecule has 2 atom stereocenters. The number of benzene rings is 1. The molecule has 3 nitrogen and oxygen atoms in total. The minimum Gasteiger partial charge on any atom is -0.430 e. The first-order valence-corrected chi connectivity index (χ1v) is 5.23. The number of allylic oxidation sites excluding steroid dienone is 1. The molecule has 84 valence electrons. The maximum Gasteiger partial charge on any atom is 0.342 e. The molecule has 1 aliphatic heterocycles. The molecule has 0 radical (unpaired) electrons. The fraction of sp³-hybridized carbons (Fsp3) is 0.308. The lowest BCUT2D eigenvalue weighted by atomic mass is 10.1. The zero-order valence-electron chi connectivity index (χ0n) is 9.34. The van der Waals surface area contributed by atoms with Crippen LogP contribution in [0.25, 0.3) is 0 Å². The molecular weight excluding hydrogens is 204 g/mol. The molecule has 3 heteroatoms. The molecule has 1 heterocycles. The van der Waals surface area contributed by atoms with Crippen LogP contribution in [0.3, 0.4) is 0 Å². The maximum absolute atomic E-state index is 11.6. The molecule has 0 spiro atoms. The van der Waals surface area contributed by atoms with Crippen molar-refractivity contribution in [3.05, 3.63) is 47.5 Å². The summed E-state index contributed by atoms with van der Waals surface area (Å²) in [4.78, 5) is 11.6. The number of rotatable bonds is 2. The fourth-order valence-electron chi connectivity index (χ4n) is 1.58. The van der Waals surface area contributed by atoms with Crippen molar-refractivity contribution in [3.8, 4) is 0 Å². The maximum atomic E-state index is 11.6. The summed E-state index contributed by atoms with van der Waals surface area (Å²) >= 11 is 0. The van der Waals surface area contributed by atoms with Crippen molar-refractivity contribution in [2.24, 2.45) is 0 Å². The summed E-state index contributed by atoms with van der Waals surface area (Å²) in [6.45, 7) is 3.88. The molecule has 16 heavy (non-hydrogen) atoms. The molecule has 0 saturated carbocycles. The topological polar surface area (TPSA) is 35.5 Å². The number of hydrogen-bond acceptors (Lipinski definition) is 3. The molecule has 1 aliphatic rings. The Bertz CT molecular complexity index is 404. The molecule has 1 fully saturated rings. The molecule has 0 aliphatic carbocycles. The lowest BCUT2D eigenvalue weighted by Gasteiger charge is -2.06. The number of cyclic esters (lactones) is 1. The van der Waals surface area contributed by atoms with Crippen LogP contribution in [0.15, 0.2) is 42.0 Å². The average Bonchev–Trinajstić information content (AvgIpc) is 2.60. The molecule has 1 aromatic carbocycles. The van der Waals surface area contributed by atoms with Gasteiger partial charge in [0, 0.05) is 0 Å². The van der Waals surface area contributed by atoms with E-state index in [1.54, 1.807) is 6.08 Å². The van der Waals surface area contributed by atoms with Gasteiger partial charge in [0.2, 0.25) is 6.29 Å². The van der Waals surface area contributed by atoms with Crippen molar-refractivity contribution in [3.63, 3.8) is 0 Å². The third kappa shape index (κ3) is 2.31. The van der Waals surface area contributed by atoms with Crippen LogP contribution in [0.1, 0.15) is 25.5 Å². The van der Waals surface area contributed by atoms with Crippen molar-refractivity contribution < 1.29 is 14.3 Å². The zero-order valence-corrected chi connectivity index (χ0v) is 9.34. The third-order valence-corrected chi connectivity index (χ3v) is 2.29. The smallest absolute Gasteiger partial charge is 0.342 e. The normalized spacial score (nSPS) is 24.0. The first kappa shape index (κ1) is 10.9. The lowest BCUT2D eigenvalue weighted by molar-refractivity contribution is -0.141. The predicted octanol–water partition coefficient (Wildman–Crippen LogP) is 2.59. The van der Waals surface area contributed by atoms with Gasteiger partial charge in [-0.1, -0.05) is 35.9 Å². The summed E-state index contributed by atoms with van der Waals surface area (Å²) in [6.07, 6.45) is 0.644. The third-order valence-electron chi connectivity index (χ3n) is 2.29. The molecule has 0 N–H and O–H groups in total. The summed E-state index contributed by atoms with van der Waals surface area (Å²) in [7, 11) is 0. The van der Waals surface area contributed by atoms with E-state index in [0.717, 1.165) is 11.1 Å². The van der Waals surface area contributed by atoms with Crippen molar-refractivity contribution in [1.29, 1.82) is 0 Å². The van der Waals surface area contributed by atoms with Crippen LogP contribution in [0.4, 0.5) is 0 Å². The molecule has 0 amide bonds. The van der Waals surface area contributed by atoms with E-state index in [9.17, 15) is 4.79 Å². The van der Waals surface area contributed by atoms with Gasteiger partial charge in [-0.3, -0.25) is 0 Å². The Hall–Kier alpha value is -1.61. The second kappa shape index (κ2) is 4.49. The van der Waals surface area contributed by atoms with E-state index in [4.69, 9.17) is 9.47 Å². The molecule has 1 saturated heterocycles. The van der Waals surface area contributed by atoms with Crippen LogP contribution < -0.4 is 0 Å². The van der Waals surface area contributed by atoms with E-state index in [1.807, 2.05) is 44.2 Å². The molecule has 0 bridgehead atoms. The Balaban J connectivity index is 2.15. The standard InChI is InChI=1S/C13H14O3/c1-9(2)8-11-15-12(13(14)16-11)10-6-4-3-5-7-10/h3-8,11-12H,1-2H3/t11-,12-/m1/s1. The Labute approximate surface area is 94.7 Å². The fourth-order valence-corrected chi connectivity index (χ4v) is 1.58. The van der Waals surface area contributed by atoms with E-state index in [2.05, 4.69) is 0 Å². The Morgan fingerprint density at radius 1 is 1.25 bits per heavy atom. The second-order valence-electron chi connectivity index (χ2n) is 3.98. The molecule has 2 rings (SSSR count). The summed E-state index contributed by atoms with van der Waals surface area (Å²) in [5.41, 5.74) is 1.89. The number of carbonyl (C=O) groups is 1. The van der Waals surface area contributed by atoms with Gasteiger partial charge >= 0.3 is 5.97 Å².